The van der Waals surface area contributed by atoms with Crippen LogP contribution in [0.1, 0.15) is 180 Å². The molecule has 0 aliphatic carbocycles. The van der Waals surface area contributed by atoms with Crippen LogP contribution in [0.15, 0.2) is 91.0 Å². The van der Waals surface area contributed by atoms with Crippen molar-refractivity contribution in [2.75, 3.05) is 13.2 Å². The molecule has 0 saturated heterocycles. The van der Waals surface area contributed by atoms with Gasteiger partial charge in [-0.25, -0.2) is 4.79 Å². The lowest BCUT2D eigenvalue weighted by Gasteiger charge is -2.12. The van der Waals surface area contributed by atoms with Gasteiger partial charge in [0.25, 0.3) is 0 Å². The molecule has 0 aliphatic rings. The summed E-state index contributed by atoms with van der Waals surface area (Å²) in [5.74, 6) is 1.46. The molecule has 5 heteroatoms. The van der Waals surface area contributed by atoms with Crippen molar-refractivity contribution < 1.29 is 24.1 Å². The number of hydrogen-bond donors (Lipinski definition) is 1. The topological polar surface area (TPSA) is 65.0 Å². The first-order valence-electron chi connectivity index (χ1n) is 22.9. The van der Waals surface area contributed by atoms with Crippen molar-refractivity contribution in [1.82, 2.24) is 0 Å². The molecule has 1 N–H and O–H groups in total. The maximum atomic E-state index is 11.1. The van der Waals surface area contributed by atoms with Gasteiger partial charge in [0.05, 0.1) is 18.8 Å². The van der Waals surface area contributed by atoms with Crippen LogP contribution in [0.25, 0.3) is 24.3 Å². The van der Waals surface area contributed by atoms with Crippen LogP contribution >= 0.6 is 0 Å². The first-order valence-corrected chi connectivity index (χ1v) is 22.9. The number of ether oxygens (including phenoxy) is 3. The largest absolute Gasteiger partial charge is 0.493 e. The van der Waals surface area contributed by atoms with Gasteiger partial charge in [0, 0.05) is 6.07 Å². The zero-order chi connectivity index (χ0) is 41.6. The normalized spacial score (nSPS) is 11.4. The number of carboxylic acid groups (broad SMARTS) is 1. The fourth-order valence-electron chi connectivity index (χ4n) is 7.10. The van der Waals surface area contributed by atoms with Crippen LogP contribution in [-0.4, -0.2) is 24.3 Å². The molecule has 0 aromatic heterocycles. The number of carboxylic acids is 1. The first kappa shape index (κ1) is 46.9. The van der Waals surface area contributed by atoms with Gasteiger partial charge in [0.15, 0.2) is 0 Å². The van der Waals surface area contributed by atoms with Gasteiger partial charge in [0.1, 0.15) is 23.9 Å². The fraction of sp³-hybridized carbons (Fsp3) is 0.463. The molecule has 0 atom stereocenters. The highest BCUT2D eigenvalue weighted by Gasteiger charge is 2.05. The molecule has 0 heterocycles. The highest BCUT2D eigenvalue weighted by atomic mass is 16.5. The van der Waals surface area contributed by atoms with Crippen molar-refractivity contribution in [2.45, 2.75) is 149 Å². The van der Waals surface area contributed by atoms with Crippen LogP contribution in [0.2, 0.25) is 0 Å². The SMILES string of the molecule is CCCCCCCCCCCCOc1cc(/C=C/c2ccc(/C=C/c3ccc(COc4ccc(C(=O)O)cc4)cc3)cc2)cc(OCCCCCCCCCCCC)c1. The fourth-order valence-corrected chi connectivity index (χ4v) is 7.10. The van der Waals surface area contributed by atoms with Crippen molar-refractivity contribution in [3.05, 3.63) is 124 Å². The molecule has 0 unspecified atom stereocenters. The quantitative estimate of drug-likeness (QED) is 0.0394. The Bertz CT molecular complexity index is 1710. The van der Waals surface area contributed by atoms with Gasteiger partial charge < -0.3 is 19.3 Å². The van der Waals surface area contributed by atoms with Gasteiger partial charge >= 0.3 is 5.97 Å². The molecule has 4 aromatic rings. The smallest absolute Gasteiger partial charge is 0.335 e. The monoisotopic (exact) mass is 801 g/mol. The Labute approximate surface area is 356 Å². The van der Waals surface area contributed by atoms with Crippen molar-refractivity contribution >= 4 is 30.3 Å². The van der Waals surface area contributed by atoms with Gasteiger partial charge in [-0.1, -0.05) is 202 Å². The van der Waals surface area contributed by atoms with E-state index >= 15 is 0 Å². The molecule has 4 aromatic carbocycles. The summed E-state index contributed by atoms with van der Waals surface area (Å²) in [7, 11) is 0. The molecule has 0 saturated carbocycles. The van der Waals surface area contributed by atoms with E-state index < -0.39 is 5.97 Å². The van der Waals surface area contributed by atoms with E-state index in [0.717, 1.165) is 65.4 Å². The molecular weight excluding hydrogens is 729 g/mol. The third kappa shape index (κ3) is 20.7. The lowest BCUT2D eigenvalue weighted by atomic mass is 10.1. The Morgan fingerprint density at radius 1 is 0.424 bits per heavy atom. The molecule has 0 bridgehead atoms. The minimum Gasteiger partial charge on any atom is -0.493 e. The van der Waals surface area contributed by atoms with E-state index in [1.165, 1.54) is 116 Å². The lowest BCUT2D eigenvalue weighted by Crippen LogP contribution is -2.00. The van der Waals surface area contributed by atoms with E-state index in [1.807, 2.05) is 12.1 Å². The van der Waals surface area contributed by atoms with E-state index in [1.54, 1.807) is 24.3 Å². The molecule has 0 radical (unpaired) electrons. The van der Waals surface area contributed by atoms with Crippen LogP contribution in [0.5, 0.6) is 17.2 Å². The van der Waals surface area contributed by atoms with E-state index in [2.05, 4.69) is 92.7 Å². The Kier molecular flexibility index (Phi) is 23.4. The maximum Gasteiger partial charge on any atom is 0.335 e. The summed E-state index contributed by atoms with van der Waals surface area (Å²) in [5, 5.41) is 9.08. The predicted molar refractivity (Wildman–Crippen MR) is 250 cm³/mol. The number of rotatable bonds is 32. The van der Waals surface area contributed by atoms with E-state index in [-0.39, 0.29) is 5.56 Å². The number of aromatic carboxylic acids is 1. The molecule has 59 heavy (non-hydrogen) atoms. The summed E-state index contributed by atoms with van der Waals surface area (Å²) in [5.41, 5.74) is 5.73. The summed E-state index contributed by atoms with van der Waals surface area (Å²) in [6.45, 7) is 6.45. The Morgan fingerprint density at radius 2 is 0.797 bits per heavy atom. The van der Waals surface area contributed by atoms with Crippen LogP contribution in [0.4, 0.5) is 0 Å². The molecule has 4 rings (SSSR count). The summed E-state index contributed by atoms with van der Waals surface area (Å²) < 4.78 is 18.4. The zero-order valence-corrected chi connectivity index (χ0v) is 36.3. The van der Waals surface area contributed by atoms with Crippen molar-refractivity contribution in [2.24, 2.45) is 0 Å². The van der Waals surface area contributed by atoms with Crippen molar-refractivity contribution in [3.8, 4) is 17.2 Å². The third-order valence-corrected chi connectivity index (χ3v) is 10.8. The Balaban J connectivity index is 1.25. The highest BCUT2D eigenvalue weighted by Crippen LogP contribution is 2.26. The minimum absolute atomic E-state index is 0.245. The molecule has 5 nitrogen and oxygen atoms in total. The summed E-state index contributed by atoms with van der Waals surface area (Å²) in [4.78, 5) is 11.1. The summed E-state index contributed by atoms with van der Waals surface area (Å²) >= 11 is 0. The van der Waals surface area contributed by atoms with E-state index in [9.17, 15) is 4.79 Å². The van der Waals surface area contributed by atoms with Crippen molar-refractivity contribution in [3.63, 3.8) is 0 Å². The molecule has 318 valence electrons. The molecule has 0 aliphatic heterocycles. The van der Waals surface area contributed by atoms with Gasteiger partial charge in [-0.3, -0.25) is 0 Å². The number of benzene rings is 4. The standard InChI is InChI=1S/C54H72O5/c1-3-5-7-9-11-13-15-17-19-21-39-57-52-41-49(42-53(43-52)58-40-22-20-18-16-14-12-10-8-6-4-2)34-31-46-26-23-45(24-27-46)25-28-47-29-32-48(33-30-47)44-59-51-37-35-50(36-38-51)54(55)56/h23-38,41-43H,3-22,39-40,44H2,1-2H3,(H,55,56)/b28-25+,34-31+. The summed E-state index contributed by atoms with van der Waals surface area (Å²) in [6.07, 6.45) is 34.8. The Morgan fingerprint density at radius 3 is 1.20 bits per heavy atom. The highest BCUT2D eigenvalue weighted by molar-refractivity contribution is 5.87. The maximum absolute atomic E-state index is 11.1. The van der Waals surface area contributed by atoms with Gasteiger partial charge in [-0.2, -0.15) is 0 Å². The molecule has 0 amide bonds. The molecule has 0 fully saturated rings. The zero-order valence-electron chi connectivity index (χ0n) is 36.3. The number of hydrogen-bond acceptors (Lipinski definition) is 4. The van der Waals surface area contributed by atoms with E-state index in [0.29, 0.717) is 12.4 Å². The van der Waals surface area contributed by atoms with Gasteiger partial charge in [-0.05, 0) is 77.1 Å². The van der Waals surface area contributed by atoms with Gasteiger partial charge in [0.2, 0.25) is 0 Å². The molecule has 0 spiro atoms. The number of carbonyl (C=O) groups is 1. The van der Waals surface area contributed by atoms with Crippen LogP contribution in [0, 0.1) is 0 Å². The third-order valence-electron chi connectivity index (χ3n) is 10.8. The van der Waals surface area contributed by atoms with Crippen molar-refractivity contribution in [1.29, 1.82) is 0 Å². The predicted octanol–water partition coefficient (Wildman–Crippen LogP) is 15.9. The van der Waals surface area contributed by atoms with E-state index in [4.69, 9.17) is 19.3 Å². The summed E-state index contributed by atoms with van der Waals surface area (Å²) in [6, 6.07) is 29.6. The van der Waals surface area contributed by atoms with Crippen LogP contribution in [-0.2, 0) is 6.61 Å². The minimum atomic E-state index is -0.945. The van der Waals surface area contributed by atoms with Gasteiger partial charge in [-0.15, -0.1) is 0 Å². The first-order chi connectivity index (χ1) is 29.0. The van der Waals surface area contributed by atoms with Crippen LogP contribution < -0.4 is 14.2 Å². The second-order valence-electron chi connectivity index (χ2n) is 16.0. The average molecular weight is 801 g/mol. The second kappa shape index (κ2) is 29.4. The second-order valence-corrected chi connectivity index (χ2v) is 16.0. The lowest BCUT2D eigenvalue weighted by molar-refractivity contribution is 0.0696. The molecular formula is C54H72O5. The Hall–Kier alpha value is -4.77. The number of unbranched alkanes of at least 4 members (excludes halogenated alkanes) is 18. The average Bonchev–Trinajstić information content (AvgIpc) is 3.26. The van der Waals surface area contributed by atoms with Crippen LogP contribution in [0.3, 0.4) is 0 Å².